The fourth-order valence-corrected chi connectivity index (χ4v) is 1.52. The highest BCUT2D eigenvalue weighted by Gasteiger charge is 2.06. The van der Waals surface area contributed by atoms with Crippen LogP contribution in [0.2, 0.25) is 0 Å². The molecule has 0 fully saturated rings. The van der Waals surface area contributed by atoms with Crippen LogP contribution >= 0.6 is 23.1 Å². The summed E-state index contributed by atoms with van der Waals surface area (Å²) in [6, 6.07) is 0. The van der Waals surface area contributed by atoms with E-state index in [1.54, 1.807) is 0 Å². The predicted molar refractivity (Wildman–Crippen MR) is 40.3 cm³/mol. The fourth-order valence-electron chi connectivity index (χ4n) is 0.422. The van der Waals surface area contributed by atoms with E-state index in [2.05, 4.69) is 11.2 Å². The zero-order chi connectivity index (χ0) is 7.56. The summed E-state index contributed by atoms with van der Waals surface area (Å²) >= 11 is 2.49. The summed E-state index contributed by atoms with van der Waals surface area (Å²) in [5.74, 6) is -0.989. The lowest BCUT2D eigenvalue weighted by Gasteiger charge is -1.82. The Morgan fingerprint density at radius 2 is 2.60 bits per heavy atom. The second-order valence-electron chi connectivity index (χ2n) is 1.45. The molecule has 10 heavy (non-hydrogen) atoms. The van der Waals surface area contributed by atoms with Crippen LogP contribution in [0.15, 0.2) is 9.72 Å². The topological polar surface area (TPSA) is 50.2 Å². The van der Waals surface area contributed by atoms with Crippen molar-refractivity contribution in [2.24, 2.45) is 0 Å². The Kier molecular flexibility index (Phi) is 2.29. The standard InChI is InChI=1S/C5H4NO2S2/c1-9-5-6-3(2-10-5)4(7)8/h2H,1H2,(H,7,8). The zero-order valence-electron chi connectivity index (χ0n) is 4.90. The number of aromatic carboxylic acids is 1. The van der Waals surface area contributed by atoms with Crippen LogP contribution in [-0.4, -0.2) is 16.1 Å². The SMILES string of the molecule is [CH2]Sc1nc(C(=O)O)cs1. The summed E-state index contributed by atoms with van der Waals surface area (Å²) in [4.78, 5) is 14.0. The maximum Gasteiger partial charge on any atom is 0.355 e. The molecule has 1 rings (SSSR count). The molecule has 0 aliphatic heterocycles. The Morgan fingerprint density at radius 1 is 1.90 bits per heavy atom. The third kappa shape index (κ3) is 1.48. The highest BCUT2D eigenvalue weighted by Crippen LogP contribution is 2.20. The molecule has 0 atom stereocenters. The lowest BCUT2D eigenvalue weighted by Crippen LogP contribution is -1.95. The Hall–Kier alpha value is -0.550. The molecule has 1 aromatic rings. The molecule has 0 amide bonds. The van der Waals surface area contributed by atoms with Crippen molar-refractivity contribution in [2.75, 3.05) is 0 Å². The van der Waals surface area contributed by atoms with E-state index in [0.717, 1.165) is 0 Å². The smallest absolute Gasteiger partial charge is 0.355 e. The van der Waals surface area contributed by atoms with E-state index in [9.17, 15) is 4.79 Å². The molecular formula is C5H4NO2S2. The van der Waals surface area contributed by atoms with Gasteiger partial charge in [0.2, 0.25) is 0 Å². The quantitative estimate of drug-likeness (QED) is 0.693. The van der Waals surface area contributed by atoms with Gasteiger partial charge in [0.15, 0.2) is 10.0 Å². The van der Waals surface area contributed by atoms with Gasteiger partial charge >= 0.3 is 5.97 Å². The number of carboxylic acids is 1. The van der Waals surface area contributed by atoms with E-state index in [-0.39, 0.29) is 5.69 Å². The van der Waals surface area contributed by atoms with Gasteiger partial charge in [0.1, 0.15) is 0 Å². The maximum absolute atomic E-state index is 10.2. The van der Waals surface area contributed by atoms with Gasteiger partial charge in [0.25, 0.3) is 0 Å². The summed E-state index contributed by atoms with van der Waals surface area (Å²) in [7, 11) is 0. The van der Waals surface area contributed by atoms with E-state index in [1.165, 1.54) is 28.5 Å². The van der Waals surface area contributed by atoms with E-state index >= 15 is 0 Å². The normalized spacial score (nSPS) is 9.70. The van der Waals surface area contributed by atoms with Crippen LogP contribution in [0.3, 0.4) is 0 Å². The van der Waals surface area contributed by atoms with Gasteiger partial charge in [-0.05, 0) is 0 Å². The number of carboxylic acid groups (broad SMARTS) is 1. The second kappa shape index (κ2) is 3.03. The van der Waals surface area contributed by atoms with E-state index in [1.807, 2.05) is 0 Å². The number of nitrogens with zero attached hydrogens (tertiary/aromatic N) is 1. The lowest BCUT2D eigenvalue weighted by molar-refractivity contribution is 0.0691. The van der Waals surface area contributed by atoms with Crippen molar-refractivity contribution < 1.29 is 9.90 Å². The summed E-state index contributed by atoms with van der Waals surface area (Å²) in [6.07, 6.45) is 3.50. The van der Waals surface area contributed by atoms with Crippen LogP contribution in [0.4, 0.5) is 0 Å². The van der Waals surface area contributed by atoms with Gasteiger partial charge < -0.3 is 5.11 Å². The van der Waals surface area contributed by atoms with Gasteiger partial charge in [0, 0.05) is 11.6 Å². The summed E-state index contributed by atoms with van der Waals surface area (Å²) in [5.41, 5.74) is 0.0937. The Morgan fingerprint density at radius 3 is 2.90 bits per heavy atom. The number of thioether (sulfide) groups is 1. The van der Waals surface area contributed by atoms with Crippen molar-refractivity contribution in [2.45, 2.75) is 4.34 Å². The van der Waals surface area contributed by atoms with Gasteiger partial charge in [-0.3, -0.25) is 0 Å². The third-order valence-electron chi connectivity index (χ3n) is 0.826. The molecule has 5 heteroatoms. The number of rotatable bonds is 2. The van der Waals surface area contributed by atoms with Gasteiger partial charge in [0.05, 0.1) is 0 Å². The minimum Gasteiger partial charge on any atom is -0.476 e. The molecule has 1 aromatic heterocycles. The molecule has 0 bridgehead atoms. The average Bonchev–Trinajstić information content (AvgIpc) is 2.34. The zero-order valence-corrected chi connectivity index (χ0v) is 6.54. The van der Waals surface area contributed by atoms with E-state index in [4.69, 9.17) is 5.11 Å². The summed E-state index contributed by atoms with van der Waals surface area (Å²) < 4.78 is 0.678. The molecule has 0 unspecified atom stereocenters. The van der Waals surface area contributed by atoms with Crippen molar-refractivity contribution in [3.63, 3.8) is 0 Å². The Bertz CT molecular complexity index is 246. The van der Waals surface area contributed by atoms with Gasteiger partial charge in [-0.2, -0.15) is 0 Å². The Labute approximate surface area is 66.1 Å². The number of carbonyl (C=O) groups is 1. The van der Waals surface area contributed by atoms with Crippen molar-refractivity contribution in [1.29, 1.82) is 0 Å². The largest absolute Gasteiger partial charge is 0.476 e. The molecule has 0 saturated heterocycles. The van der Waals surface area contributed by atoms with E-state index < -0.39 is 5.97 Å². The highest BCUT2D eigenvalue weighted by molar-refractivity contribution is 8.02. The monoisotopic (exact) mass is 174 g/mol. The second-order valence-corrected chi connectivity index (χ2v) is 3.24. The van der Waals surface area contributed by atoms with Crippen molar-refractivity contribution in [3.8, 4) is 0 Å². The van der Waals surface area contributed by atoms with Crippen LogP contribution in [0, 0.1) is 6.26 Å². The molecular weight excluding hydrogens is 170 g/mol. The molecule has 0 aromatic carbocycles. The first-order valence-electron chi connectivity index (χ1n) is 2.35. The van der Waals surface area contributed by atoms with Crippen molar-refractivity contribution >= 4 is 29.1 Å². The first-order chi connectivity index (χ1) is 4.74. The van der Waals surface area contributed by atoms with Crippen molar-refractivity contribution in [1.82, 2.24) is 4.98 Å². The van der Waals surface area contributed by atoms with E-state index in [0.29, 0.717) is 4.34 Å². The average molecular weight is 174 g/mol. The van der Waals surface area contributed by atoms with Crippen LogP contribution in [0.25, 0.3) is 0 Å². The predicted octanol–water partition coefficient (Wildman–Crippen LogP) is 1.72. The first kappa shape index (κ1) is 7.56. The number of thiazole rings is 1. The van der Waals surface area contributed by atoms with Crippen LogP contribution in [0.1, 0.15) is 10.5 Å². The Balaban J connectivity index is 2.88. The van der Waals surface area contributed by atoms with Gasteiger partial charge in [-0.1, -0.05) is 11.8 Å². The summed E-state index contributed by atoms with van der Waals surface area (Å²) in [5, 5.41) is 9.90. The lowest BCUT2D eigenvalue weighted by atomic mass is 10.5. The number of aromatic nitrogens is 1. The van der Waals surface area contributed by atoms with Gasteiger partial charge in [-0.25, -0.2) is 9.78 Å². The molecule has 0 aliphatic rings. The highest BCUT2D eigenvalue weighted by atomic mass is 32.2. The number of hydrogen-bond donors (Lipinski definition) is 1. The van der Waals surface area contributed by atoms with Crippen LogP contribution < -0.4 is 0 Å². The van der Waals surface area contributed by atoms with Crippen LogP contribution in [0.5, 0.6) is 0 Å². The van der Waals surface area contributed by atoms with Crippen molar-refractivity contribution in [3.05, 3.63) is 17.3 Å². The molecule has 1 radical (unpaired) electrons. The molecule has 0 aliphatic carbocycles. The van der Waals surface area contributed by atoms with Crippen LogP contribution in [-0.2, 0) is 0 Å². The molecule has 0 spiro atoms. The molecule has 1 heterocycles. The minimum absolute atomic E-state index is 0.0937. The minimum atomic E-state index is -0.989. The fraction of sp³-hybridized carbons (Fsp3) is 0. The number of hydrogen-bond acceptors (Lipinski definition) is 4. The third-order valence-corrected chi connectivity index (χ3v) is 2.44. The summed E-state index contributed by atoms with van der Waals surface area (Å²) in [6.45, 7) is 0. The molecule has 1 N–H and O–H groups in total. The molecule has 0 saturated carbocycles. The van der Waals surface area contributed by atoms with Gasteiger partial charge in [-0.15, -0.1) is 11.3 Å². The molecule has 3 nitrogen and oxygen atoms in total. The maximum atomic E-state index is 10.2. The molecule has 53 valence electrons. The first-order valence-corrected chi connectivity index (χ1v) is 4.21.